The van der Waals surface area contributed by atoms with Crippen LogP contribution in [-0.4, -0.2) is 32.4 Å². The Morgan fingerprint density at radius 2 is 2.12 bits per heavy atom. The fourth-order valence-electron chi connectivity index (χ4n) is 1.37. The zero-order valence-corrected chi connectivity index (χ0v) is 10.0. The third-order valence-electron chi connectivity index (χ3n) is 2.29. The van der Waals surface area contributed by atoms with Gasteiger partial charge in [-0.05, 0) is 24.9 Å². The van der Waals surface area contributed by atoms with Crippen molar-refractivity contribution >= 4 is 0 Å². The molecule has 1 rings (SSSR count). The van der Waals surface area contributed by atoms with E-state index in [4.69, 9.17) is 9.47 Å². The second kappa shape index (κ2) is 8.07. The molecular formula is C12H20N2O2. The van der Waals surface area contributed by atoms with E-state index in [1.54, 1.807) is 14.2 Å². The lowest BCUT2D eigenvalue weighted by atomic mass is 10.2. The standard InChI is InChI=1S/C12H20N2O2/c1-15-8-4-3-7-13-9-11-5-6-12(16-2)14-10-11/h5-6,10,13H,3-4,7-9H2,1-2H3. The number of rotatable bonds is 8. The fourth-order valence-corrected chi connectivity index (χ4v) is 1.37. The van der Waals surface area contributed by atoms with Gasteiger partial charge >= 0.3 is 0 Å². The van der Waals surface area contributed by atoms with Crippen LogP contribution < -0.4 is 10.1 Å². The summed E-state index contributed by atoms with van der Waals surface area (Å²) in [5.74, 6) is 0.656. The maximum absolute atomic E-state index is 4.99. The lowest BCUT2D eigenvalue weighted by Crippen LogP contribution is -2.15. The van der Waals surface area contributed by atoms with Crippen molar-refractivity contribution < 1.29 is 9.47 Å². The van der Waals surface area contributed by atoms with Gasteiger partial charge in [-0.25, -0.2) is 4.98 Å². The first-order valence-electron chi connectivity index (χ1n) is 5.55. The average Bonchev–Trinajstić information content (AvgIpc) is 2.34. The van der Waals surface area contributed by atoms with E-state index in [-0.39, 0.29) is 0 Å². The van der Waals surface area contributed by atoms with E-state index in [9.17, 15) is 0 Å². The van der Waals surface area contributed by atoms with Gasteiger partial charge in [0.15, 0.2) is 0 Å². The van der Waals surface area contributed by atoms with E-state index in [1.807, 2.05) is 18.3 Å². The van der Waals surface area contributed by atoms with Crippen LogP contribution in [0.1, 0.15) is 18.4 Å². The molecule has 1 heterocycles. The molecule has 1 aromatic rings. The highest BCUT2D eigenvalue weighted by atomic mass is 16.5. The van der Waals surface area contributed by atoms with Crippen molar-refractivity contribution in [3.05, 3.63) is 23.9 Å². The highest BCUT2D eigenvalue weighted by molar-refractivity contribution is 5.17. The quantitative estimate of drug-likeness (QED) is 0.681. The Bertz CT molecular complexity index is 275. The number of hydrogen-bond acceptors (Lipinski definition) is 4. The number of methoxy groups -OCH3 is 2. The van der Waals surface area contributed by atoms with Crippen LogP contribution in [0.3, 0.4) is 0 Å². The van der Waals surface area contributed by atoms with Gasteiger partial charge in [-0.3, -0.25) is 0 Å². The third-order valence-corrected chi connectivity index (χ3v) is 2.29. The van der Waals surface area contributed by atoms with Gasteiger partial charge in [0, 0.05) is 32.5 Å². The highest BCUT2D eigenvalue weighted by Gasteiger charge is 1.95. The molecule has 0 aromatic carbocycles. The molecular weight excluding hydrogens is 204 g/mol. The minimum Gasteiger partial charge on any atom is -0.481 e. The molecule has 0 radical (unpaired) electrons. The van der Waals surface area contributed by atoms with Crippen LogP contribution in [0.25, 0.3) is 0 Å². The normalized spacial score (nSPS) is 10.4. The number of unbranched alkanes of at least 4 members (excludes halogenated alkanes) is 1. The van der Waals surface area contributed by atoms with Crippen LogP contribution in [0, 0.1) is 0 Å². The van der Waals surface area contributed by atoms with Gasteiger partial charge in [0.25, 0.3) is 0 Å². The Morgan fingerprint density at radius 3 is 2.75 bits per heavy atom. The first-order valence-corrected chi connectivity index (χ1v) is 5.55. The summed E-state index contributed by atoms with van der Waals surface area (Å²) >= 11 is 0. The number of ether oxygens (including phenoxy) is 2. The molecule has 0 saturated heterocycles. The van der Waals surface area contributed by atoms with Gasteiger partial charge in [-0.15, -0.1) is 0 Å². The third kappa shape index (κ3) is 5.09. The topological polar surface area (TPSA) is 43.4 Å². The van der Waals surface area contributed by atoms with Gasteiger partial charge in [0.1, 0.15) is 0 Å². The number of nitrogens with zero attached hydrogens (tertiary/aromatic N) is 1. The average molecular weight is 224 g/mol. The van der Waals surface area contributed by atoms with Crippen LogP contribution >= 0.6 is 0 Å². The van der Waals surface area contributed by atoms with Crippen molar-refractivity contribution in [3.63, 3.8) is 0 Å². The summed E-state index contributed by atoms with van der Waals surface area (Å²) in [7, 11) is 3.35. The second-order valence-corrected chi connectivity index (χ2v) is 3.59. The molecule has 0 atom stereocenters. The lowest BCUT2D eigenvalue weighted by Gasteiger charge is -2.05. The predicted octanol–water partition coefficient (Wildman–Crippen LogP) is 1.61. The number of aromatic nitrogens is 1. The smallest absolute Gasteiger partial charge is 0.212 e. The maximum atomic E-state index is 4.99. The summed E-state index contributed by atoms with van der Waals surface area (Å²) in [5.41, 5.74) is 1.17. The number of pyridine rings is 1. The summed E-state index contributed by atoms with van der Waals surface area (Å²) < 4.78 is 9.97. The largest absolute Gasteiger partial charge is 0.481 e. The second-order valence-electron chi connectivity index (χ2n) is 3.59. The number of hydrogen-bond donors (Lipinski definition) is 1. The molecule has 90 valence electrons. The minimum atomic E-state index is 0.656. The van der Waals surface area contributed by atoms with E-state index >= 15 is 0 Å². The Balaban J connectivity index is 2.12. The molecule has 4 heteroatoms. The van der Waals surface area contributed by atoms with E-state index in [0.717, 1.165) is 32.5 Å². The Labute approximate surface area is 97.0 Å². The summed E-state index contributed by atoms with van der Waals surface area (Å²) in [6.07, 6.45) is 4.07. The van der Waals surface area contributed by atoms with Crippen LogP contribution in [0.15, 0.2) is 18.3 Å². The molecule has 0 aliphatic carbocycles. The van der Waals surface area contributed by atoms with Crippen LogP contribution in [0.4, 0.5) is 0 Å². The van der Waals surface area contributed by atoms with Crippen molar-refractivity contribution in [2.75, 3.05) is 27.4 Å². The molecule has 16 heavy (non-hydrogen) atoms. The zero-order chi connectivity index (χ0) is 11.6. The first kappa shape index (κ1) is 12.9. The van der Waals surface area contributed by atoms with Crippen LogP contribution in [0.5, 0.6) is 5.88 Å². The summed E-state index contributed by atoms with van der Waals surface area (Å²) in [6.45, 7) is 2.70. The van der Waals surface area contributed by atoms with E-state index in [2.05, 4.69) is 10.3 Å². The summed E-state index contributed by atoms with van der Waals surface area (Å²) in [6, 6.07) is 3.90. The van der Waals surface area contributed by atoms with Gasteiger partial charge in [0.05, 0.1) is 7.11 Å². The van der Waals surface area contributed by atoms with Gasteiger partial charge < -0.3 is 14.8 Å². The van der Waals surface area contributed by atoms with E-state index in [0.29, 0.717) is 5.88 Å². The van der Waals surface area contributed by atoms with Gasteiger partial charge in [-0.2, -0.15) is 0 Å². The molecule has 0 amide bonds. The first-order chi connectivity index (χ1) is 7.86. The molecule has 0 aliphatic heterocycles. The van der Waals surface area contributed by atoms with Crippen molar-refractivity contribution in [3.8, 4) is 5.88 Å². The lowest BCUT2D eigenvalue weighted by molar-refractivity contribution is 0.192. The molecule has 0 aliphatic rings. The fraction of sp³-hybridized carbons (Fsp3) is 0.583. The monoisotopic (exact) mass is 224 g/mol. The summed E-state index contributed by atoms with van der Waals surface area (Å²) in [4.78, 5) is 4.14. The van der Waals surface area contributed by atoms with Crippen molar-refractivity contribution in [1.29, 1.82) is 0 Å². The van der Waals surface area contributed by atoms with Crippen LogP contribution in [-0.2, 0) is 11.3 Å². The molecule has 0 spiro atoms. The molecule has 0 saturated carbocycles. The molecule has 4 nitrogen and oxygen atoms in total. The van der Waals surface area contributed by atoms with E-state index < -0.39 is 0 Å². The van der Waals surface area contributed by atoms with Gasteiger partial charge in [0.2, 0.25) is 5.88 Å². The Morgan fingerprint density at radius 1 is 1.25 bits per heavy atom. The number of nitrogens with one attached hydrogen (secondary N) is 1. The SMILES string of the molecule is COCCCCNCc1ccc(OC)nc1. The van der Waals surface area contributed by atoms with Crippen LogP contribution in [0.2, 0.25) is 0 Å². The predicted molar refractivity (Wildman–Crippen MR) is 63.6 cm³/mol. The Hall–Kier alpha value is -1.13. The van der Waals surface area contributed by atoms with Crippen molar-refractivity contribution in [2.45, 2.75) is 19.4 Å². The van der Waals surface area contributed by atoms with Crippen molar-refractivity contribution in [1.82, 2.24) is 10.3 Å². The molecule has 0 unspecified atom stereocenters. The zero-order valence-electron chi connectivity index (χ0n) is 10.0. The van der Waals surface area contributed by atoms with Gasteiger partial charge in [-0.1, -0.05) is 6.07 Å². The van der Waals surface area contributed by atoms with Crippen molar-refractivity contribution in [2.24, 2.45) is 0 Å². The maximum Gasteiger partial charge on any atom is 0.212 e. The molecule has 1 aromatic heterocycles. The molecule has 1 N–H and O–H groups in total. The van der Waals surface area contributed by atoms with E-state index in [1.165, 1.54) is 5.56 Å². The summed E-state index contributed by atoms with van der Waals surface area (Å²) in [5, 5.41) is 3.36. The minimum absolute atomic E-state index is 0.656. The highest BCUT2D eigenvalue weighted by Crippen LogP contribution is 2.06. The molecule has 0 bridgehead atoms. The molecule has 0 fully saturated rings. The Kier molecular flexibility index (Phi) is 6.53.